The highest BCUT2D eigenvalue weighted by molar-refractivity contribution is 6.21. The van der Waals surface area contributed by atoms with Crippen LogP contribution in [-0.4, -0.2) is 57.7 Å². The minimum atomic E-state index is -0.298. The van der Waals surface area contributed by atoms with Crippen molar-refractivity contribution in [1.29, 1.82) is 0 Å². The van der Waals surface area contributed by atoms with E-state index in [0.29, 0.717) is 17.7 Å². The van der Waals surface area contributed by atoms with Gasteiger partial charge >= 0.3 is 0 Å². The van der Waals surface area contributed by atoms with Gasteiger partial charge in [-0.25, -0.2) is 0 Å². The number of rotatable bonds is 7. The summed E-state index contributed by atoms with van der Waals surface area (Å²) >= 11 is 0. The molecule has 1 fully saturated rings. The van der Waals surface area contributed by atoms with Gasteiger partial charge in [0.2, 0.25) is 5.91 Å². The topological polar surface area (TPSA) is 69.7 Å². The Morgan fingerprint density at radius 1 is 1.07 bits per heavy atom. The second-order valence-corrected chi connectivity index (χ2v) is 9.95. The maximum absolute atomic E-state index is 13.3. The summed E-state index contributed by atoms with van der Waals surface area (Å²) < 4.78 is 0. The lowest BCUT2D eigenvalue weighted by Gasteiger charge is -2.49. The molecule has 1 saturated heterocycles. The standard InChI is InChI=1S/C24H35N3O3/c1-6-7-13-26(17-15-23(2,3)25-24(4,5)16-17)20(28)12-14-27-21(29)18-10-8-9-11-19(18)22(27)30/h8-11,17,25H,6-7,12-16H2,1-5H3. The summed E-state index contributed by atoms with van der Waals surface area (Å²) in [5, 5.41) is 3.67. The second-order valence-electron chi connectivity index (χ2n) is 9.95. The predicted molar refractivity (Wildman–Crippen MR) is 117 cm³/mol. The van der Waals surface area contributed by atoms with Gasteiger partial charge in [0, 0.05) is 36.6 Å². The van der Waals surface area contributed by atoms with E-state index in [4.69, 9.17) is 0 Å². The average Bonchev–Trinajstić information content (AvgIpc) is 2.89. The molecule has 6 heteroatoms. The number of nitrogens with one attached hydrogen (secondary N) is 1. The number of benzene rings is 1. The zero-order valence-corrected chi connectivity index (χ0v) is 19.0. The third-order valence-electron chi connectivity index (χ3n) is 6.11. The lowest BCUT2D eigenvalue weighted by molar-refractivity contribution is -0.135. The number of carbonyl (C=O) groups excluding carboxylic acids is 3. The molecule has 1 aromatic carbocycles. The number of unbranched alkanes of at least 4 members (excludes halogenated alkanes) is 1. The number of piperidine rings is 1. The summed E-state index contributed by atoms with van der Waals surface area (Å²) in [6, 6.07) is 7.00. The molecule has 2 aliphatic rings. The number of carbonyl (C=O) groups is 3. The molecule has 0 unspecified atom stereocenters. The third kappa shape index (κ3) is 4.75. The van der Waals surface area contributed by atoms with Gasteiger partial charge in [-0.1, -0.05) is 25.5 Å². The van der Waals surface area contributed by atoms with Crippen molar-refractivity contribution < 1.29 is 14.4 Å². The highest BCUT2D eigenvalue weighted by Gasteiger charge is 2.41. The van der Waals surface area contributed by atoms with Gasteiger partial charge in [0.1, 0.15) is 0 Å². The Balaban J connectivity index is 1.71. The van der Waals surface area contributed by atoms with E-state index in [2.05, 4.69) is 39.9 Å². The first-order valence-electron chi connectivity index (χ1n) is 11.1. The van der Waals surface area contributed by atoms with E-state index in [1.165, 1.54) is 4.90 Å². The van der Waals surface area contributed by atoms with Gasteiger partial charge in [0.25, 0.3) is 11.8 Å². The molecule has 0 spiro atoms. The van der Waals surface area contributed by atoms with Gasteiger partial charge in [0.15, 0.2) is 0 Å². The highest BCUT2D eigenvalue weighted by atomic mass is 16.2. The van der Waals surface area contributed by atoms with Crippen LogP contribution >= 0.6 is 0 Å². The largest absolute Gasteiger partial charge is 0.340 e. The van der Waals surface area contributed by atoms with Crippen molar-refractivity contribution in [2.24, 2.45) is 0 Å². The number of fused-ring (bicyclic) bond motifs is 1. The molecule has 0 radical (unpaired) electrons. The molecule has 2 aliphatic heterocycles. The lowest BCUT2D eigenvalue weighted by Crippen LogP contribution is -2.63. The Labute approximate surface area is 180 Å². The Hall–Kier alpha value is -2.21. The zero-order valence-electron chi connectivity index (χ0n) is 19.0. The van der Waals surface area contributed by atoms with Gasteiger partial charge in [-0.2, -0.15) is 0 Å². The molecule has 6 nitrogen and oxygen atoms in total. The number of hydrogen-bond donors (Lipinski definition) is 1. The molecule has 0 atom stereocenters. The molecule has 0 aliphatic carbocycles. The summed E-state index contributed by atoms with van der Waals surface area (Å²) in [7, 11) is 0. The number of amides is 3. The summed E-state index contributed by atoms with van der Waals surface area (Å²) in [5.74, 6) is -0.571. The first kappa shape index (κ1) is 22.5. The van der Waals surface area contributed by atoms with Crippen LogP contribution in [0.25, 0.3) is 0 Å². The van der Waals surface area contributed by atoms with E-state index in [-0.39, 0.29) is 47.8 Å². The summed E-state index contributed by atoms with van der Waals surface area (Å²) in [6.07, 6.45) is 3.90. The van der Waals surface area contributed by atoms with E-state index in [1.54, 1.807) is 24.3 Å². The first-order chi connectivity index (χ1) is 14.0. The van der Waals surface area contributed by atoms with Crippen molar-refractivity contribution in [1.82, 2.24) is 15.1 Å². The Morgan fingerprint density at radius 3 is 2.10 bits per heavy atom. The monoisotopic (exact) mass is 413 g/mol. The third-order valence-corrected chi connectivity index (χ3v) is 6.11. The SMILES string of the molecule is CCCCN(C(=O)CCN1C(=O)c2ccccc2C1=O)C1CC(C)(C)NC(C)(C)C1. The molecular weight excluding hydrogens is 378 g/mol. The molecule has 2 heterocycles. The van der Waals surface area contributed by atoms with Crippen LogP contribution in [0.2, 0.25) is 0 Å². The van der Waals surface area contributed by atoms with Crippen molar-refractivity contribution in [2.45, 2.75) is 83.8 Å². The van der Waals surface area contributed by atoms with Crippen molar-refractivity contribution in [3.8, 4) is 0 Å². The van der Waals surface area contributed by atoms with Crippen LogP contribution in [0.5, 0.6) is 0 Å². The van der Waals surface area contributed by atoms with E-state index < -0.39 is 0 Å². The summed E-state index contributed by atoms with van der Waals surface area (Å²) in [4.78, 5) is 41.7. The van der Waals surface area contributed by atoms with Gasteiger partial charge in [-0.05, 0) is 59.1 Å². The van der Waals surface area contributed by atoms with E-state index in [1.807, 2.05) is 4.90 Å². The van der Waals surface area contributed by atoms with Crippen LogP contribution < -0.4 is 5.32 Å². The molecule has 1 N–H and O–H groups in total. The van der Waals surface area contributed by atoms with Gasteiger partial charge in [0.05, 0.1) is 11.1 Å². The first-order valence-corrected chi connectivity index (χ1v) is 11.1. The summed E-state index contributed by atoms with van der Waals surface area (Å²) in [5.41, 5.74) is 0.749. The maximum atomic E-state index is 13.3. The summed E-state index contributed by atoms with van der Waals surface area (Å²) in [6.45, 7) is 11.7. The minimum absolute atomic E-state index is 0.0264. The Morgan fingerprint density at radius 2 is 1.60 bits per heavy atom. The normalized spacial score (nSPS) is 20.4. The fourth-order valence-electron chi connectivity index (χ4n) is 5.12. The van der Waals surface area contributed by atoms with Crippen molar-refractivity contribution in [2.75, 3.05) is 13.1 Å². The van der Waals surface area contributed by atoms with Crippen LogP contribution in [0.15, 0.2) is 24.3 Å². The fraction of sp³-hybridized carbons (Fsp3) is 0.625. The number of hydrogen-bond acceptors (Lipinski definition) is 4. The van der Waals surface area contributed by atoms with Gasteiger partial charge in [-0.3, -0.25) is 19.3 Å². The molecule has 3 rings (SSSR count). The van der Waals surface area contributed by atoms with E-state index in [9.17, 15) is 14.4 Å². The molecular formula is C24H35N3O3. The van der Waals surface area contributed by atoms with Crippen molar-refractivity contribution in [3.63, 3.8) is 0 Å². The van der Waals surface area contributed by atoms with Crippen molar-refractivity contribution in [3.05, 3.63) is 35.4 Å². The van der Waals surface area contributed by atoms with Crippen LogP contribution in [0.3, 0.4) is 0 Å². The molecule has 0 aromatic heterocycles. The fourth-order valence-corrected chi connectivity index (χ4v) is 5.12. The van der Waals surface area contributed by atoms with Gasteiger partial charge in [-0.15, -0.1) is 0 Å². The van der Waals surface area contributed by atoms with E-state index >= 15 is 0 Å². The second kappa shape index (κ2) is 8.50. The number of nitrogens with zero attached hydrogens (tertiary/aromatic N) is 2. The molecule has 164 valence electrons. The molecule has 30 heavy (non-hydrogen) atoms. The Kier molecular flexibility index (Phi) is 6.37. The van der Waals surface area contributed by atoms with Crippen LogP contribution in [-0.2, 0) is 4.79 Å². The Bertz CT molecular complexity index is 780. The zero-order chi connectivity index (χ0) is 22.1. The van der Waals surface area contributed by atoms with Crippen molar-refractivity contribution >= 4 is 17.7 Å². The molecule has 1 aromatic rings. The van der Waals surface area contributed by atoms with Crippen LogP contribution in [0, 0.1) is 0 Å². The smallest absolute Gasteiger partial charge is 0.261 e. The van der Waals surface area contributed by atoms with E-state index in [0.717, 1.165) is 25.7 Å². The molecule has 3 amide bonds. The van der Waals surface area contributed by atoms with Crippen LogP contribution in [0.1, 0.15) is 87.4 Å². The minimum Gasteiger partial charge on any atom is -0.340 e. The maximum Gasteiger partial charge on any atom is 0.261 e. The molecule has 0 bridgehead atoms. The predicted octanol–water partition coefficient (Wildman–Crippen LogP) is 3.61. The van der Waals surface area contributed by atoms with Crippen LogP contribution in [0.4, 0.5) is 0 Å². The quantitative estimate of drug-likeness (QED) is 0.694. The van der Waals surface area contributed by atoms with Gasteiger partial charge < -0.3 is 10.2 Å². The number of imide groups is 1. The highest BCUT2D eigenvalue weighted by Crippen LogP contribution is 2.32. The average molecular weight is 414 g/mol. The lowest BCUT2D eigenvalue weighted by atomic mass is 9.79. The molecule has 0 saturated carbocycles.